The molecular formula is C26H40O2. The number of ketones is 1. The number of methoxy groups -OCH3 is 1. The minimum atomic E-state index is 0.364. The van der Waals surface area contributed by atoms with E-state index in [1.165, 1.54) is 56.9 Å². The summed E-state index contributed by atoms with van der Waals surface area (Å²) in [6, 6.07) is 0. The van der Waals surface area contributed by atoms with Gasteiger partial charge >= 0.3 is 0 Å². The van der Waals surface area contributed by atoms with Gasteiger partial charge in [-0.1, -0.05) is 31.4 Å². The van der Waals surface area contributed by atoms with Crippen molar-refractivity contribution in [2.24, 2.45) is 40.9 Å². The SMILES string of the molecule is C=CC1CC2=CC(=O)CCC2C2CCC(CC)(CCCCOC)C(C3CC3)[C@@H]12. The standard InChI is InChI=1S/C26H40O2/c1-4-18-16-20-17-21(27)10-11-22(20)23-12-14-26(5-2,13-6-7-15-28-3)25(24(18)23)19-8-9-19/h4,17-19,22-25H,1,5-16H2,2-3H3/t18?,22?,23?,24-,25?,26?/m0/s1. The first-order chi connectivity index (χ1) is 13.6. The smallest absolute Gasteiger partial charge is 0.155 e. The van der Waals surface area contributed by atoms with Crippen LogP contribution in [0.25, 0.3) is 0 Å². The van der Waals surface area contributed by atoms with Gasteiger partial charge in [0.2, 0.25) is 0 Å². The quantitative estimate of drug-likeness (QED) is 0.359. The number of carbonyl (C=O) groups is 1. The maximum absolute atomic E-state index is 12.1. The fourth-order valence-electron chi connectivity index (χ4n) is 7.63. The lowest BCUT2D eigenvalue weighted by Gasteiger charge is -2.58. The highest BCUT2D eigenvalue weighted by Crippen LogP contribution is 2.65. The molecule has 0 radical (unpaired) electrons. The molecule has 0 N–H and O–H groups in total. The number of carbonyl (C=O) groups excluding carboxylic acids is 1. The van der Waals surface area contributed by atoms with Crippen molar-refractivity contribution in [2.45, 2.75) is 77.6 Å². The van der Waals surface area contributed by atoms with Gasteiger partial charge in [0.05, 0.1) is 0 Å². The highest BCUT2D eigenvalue weighted by molar-refractivity contribution is 5.91. The van der Waals surface area contributed by atoms with Crippen LogP contribution in [0.15, 0.2) is 24.3 Å². The van der Waals surface area contributed by atoms with Gasteiger partial charge in [0, 0.05) is 20.1 Å². The molecule has 4 aliphatic carbocycles. The Morgan fingerprint density at radius 3 is 2.75 bits per heavy atom. The van der Waals surface area contributed by atoms with Crippen LogP contribution in [-0.4, -0.2) is 19.5 Å². The third-order valence-electron chi connectivity index (χ3n) is 9.01. The summed E-state index contributed by atoms with van der Waals surface area (Å²) in [5.41, 5.74) is 2.00. The molecule has 0 spiro atoms. The van der Waals surface area contributed by atoms with E-state index < -0.39 is 0 Å². The third kappa shape index (κ3) is 3.66. The van der Waals surface area contributed by atoms with Crippen LogP contribution in [0.4, 0.5) is 0 Å². The Morgan fingerprint density at radius 2 is 2.07 bits per heavy atom. The number of hydrogen-bond donors (Lipinski definition) is 0. The number of rotatable bonds is 8. The fourth-order valence-corrected chi connectivity index (χ4v) is 7.63. The van der Waals surface area contributed by atoms with Gasteiger partial charge < -0.3 is 4.74 Å². The third-order valence-corrected chi connectivity index (χ3v) is 9.01. The van der Waals surface area contributed by atoms with Gasteiger partial charge in [-0.25, -0.2) is 0 Å². The van der Waals surface area contributed by atoms with E-state index in [9.17, 15) is 4.79 Å². The van der Waals surface area contributed by atoms with E-state index in [1.807, 2.05) is 13.2 Å². The van der Waals surface area contributed by atoms with Crippen molar-refractivity contribution < 1.29 is 9.53 Å². The van der Waals surface area contributed by atoms with Crippen molar-refractivity contribution in [1.29, 1.82) is 0 Å². The van der Waals surface area contributed by atoms with Gasteiger partial charge in [0.1, 0.15) is 0 Å². The van der Waals surface area contributed by atoms with E-state index in [4.69, 9.17) is 4.74 Å². The average Bonchev–Trinajstić information content (AvgIpc) is 3.54. The first kappa shape index (κ1) is 20.4. The molecule has 3 saturated carbocycles. The molecule has 156 valence electrons. The molecule has 0 aliphatic heterocycles. The summed E-state index contributed by atoms with van der Waals surface area (Å²) >= 11 is 0. The summed E-state index contributed by atoms with van der Waals surface area (Å²) in [6.07, 6.45) is 18.2. The van der Waals surface area contributed by atoms with E-state index in [0.717, 1.165) is 49.5 Å². The Hall–Kier alpha value is -0.890. The molecule has 0 bridgehead atoms. The zero-order chi connectivity index (χ0) is 19.7. The van der Waals surface area contributed by atoms with E-state index in [2.05, 4.69) is 19.6 Å². The molecule has 2 heteroatoms. The van der Waals surface area contributed by atoms with E-state index >= 15 is 0 Å². The molecule has 4 aliphatic rings. The lowest BCUT2D eigenvalue weighted by molar-refractivity contribution is -0.116. The van der Waals surface area contributed by atoms with Crippen molar-refractivity contribution in [3.8, 4) is 0 Å². The number of hydrogen-bond acceptors (Lipinski definition) is 2. The van der Waals surface area contributed by atoms with Crippen LogP contribution >= 0.6 is 0 Å². The lowest BCUT2D eigenvalue weighted by atomic mass is 9.46. The fraction of sp³-hybridized carbons (Fsp3) is 0.808. The number of unbranched alkanes of at least 4 members (excludes halogenated alkanes) is 1. The summed E-state index contributed by atoms with van der Waals surface area (Å²) < 4.78 is 5.33. The Kier molecular flexibility index (Phi) is 6.16. The van der Waals surface area contributed by atoms with Crippen molar-refractivity contribution in [1.82, 2.24) is 0 Å². The predicted molar refractivity (Wildman–Crippen MR) is 115 cm³/mol. The van der Waals surface area contributed by atoms with Crippen molar-refractivity contribution in [3.63, 3.8) is 0 Å². The van der Waals surface area contributed by atoms with Crippen LogP contribution < -0.4 is 0 Å². The normalized spacial score (nSPS) is 40.4. The minimum Gasteiger partial charge on any atom is -0.385 e. The maximum atomic E-state index is 12.1. The molecule has 3 fully saturated rings. The summed E-state index contributed by atoms with van der Waals surface area (Å²) in [6.45, 7) is 7.64. The van der Waals surface area contributed by atoms with E-state index in [1.54, 1.807) is 0 Å². The molecule has 28 heavy (non-hydrogen) atoms. The van der Waals surface area contributed by atoms with Gasteiger partial charge in [0.25, 0.3) is 0 Å². The average molecular weight is 385 g/mol. The second-order valence-electron chi connectivity index (χ2n) is 10.2. The van der Waals surface area contributed by atoms with E-state index in [-0.39, 0.29) is 0 Å². The molecule has 2 nitrogen and oxygen atoms in total. The second kappa shape index (κ2) is 8.46. The number of allylic oxidation sites excluding steroid dienone is 3. The monoisotopic (exact) mass is 384 g/mol. The Bertz CT molecular complexity index is 616. The maximum Gasteiger partial charge on any atom is 0.155 e. The van der Waals surface area contributed by atoms with Gasteiger partial charge in [0.15, 0.2) is 5.78 Å². The highest BCUT2D eigenvalue weighted by Gasteiger charge is 2.57. The van der Waals surface area contributed by atoms with Gasteiger partial charge in [-0.2, -0.15) is 0 Å². The topological polar surface area (TPSA) is 26.3 Å². The molecule has 0 saturated heterocycles. The zero-order valence-electron chi connectivity index (χ0n) is 18.1. The Morgan fingerprint density at radius 1 is 1.25 bits per heavy atom. The minimum absolute atomic E-state index is 0.364. The van der Waals surface area contributed by atoms with Crippen LogP contribution in [0.2, 0.25) is 0 Å². The summed E-state index contributed by atoms with van der Waals surface area (Å²) in [5.74, 6) is 5.05. The largest absolute Gasteiger partial charge is 0.385 e. The molecule has 4 rings (SSSR count). The molecule has 0 amide bonds. The highest BCUT2D eigenvalue weighted by atomic mass is 16.5. The van der Waals surface area contributed by atoms with Crippen LogP contribution in [0.5, 0.6) is 0 Å². The number of fused-ring (bicyclic) bond motifs is 3. The van der Waals surface area contributed by atoms with Crippen LogP contribution in [-0.2, 0) is 9.53 Å². The first-order valence-corrected chi connectivity index (χ1v) is 12.0. The van der Waals surface area contributed by atoms with Crippen molar-refractivity contribution >= 4 is 5.78 Å². The van der Waals surface area contributed by atoms with Crippen molar-refractivity contribution in [2.75, 3.05) is 13.7 Å². The summed E-state index contributed by atoms with van der Waals surface area (Å²) in [4.78, 5) is 12.1. The number of ether oxygens (including phenoxy) is 1. The van der Waals surface area contributed by atoms with Gasteiger partial charge in [-0.15, -0.1) is 6.58 Å². The molecule has 0 heterocycles. The summed E-state index contributed by atoms with van der Waals surface area (Å²) in [7, 11) is 1.82. The molecule has 0 aromatic rings. The summed E-state index contributed by atoms with van der Waals surface area (Å²) in [5, 5.41) is 0. The molecule has 6 atom stereocenters. The Labute approximate surface area is 172 Å². The van der Waals surface area contributed by atoms with Crippen LogP contribution in [0, 0.1) is 40.9 Å². The molecular weight excluding hydrogens is 344 g/mol. The molecule has 0 aromatic carbocycles. The van der Waals surface area contributed by atoms with Gasteiger partial charge in [-0.3, -0.25) is 4.79 Å². The van der Waals surface area contributed by atoms with Crippen molar-refractivity contribution in [3.05, 3.63) is 24.3 Å². The van der Waals surface area contributed by atoms with Crippen LogP contribution in [0.1, 0.15) is 77.6 Å². The lowest BCUT2D eigenvalue weighted by Crippen LogP contribution is -2.51. The van der Waals surface area contributed by atoms with Gasteiger partial charge in [-0.05, 0) is 98.4 Å². The second-order valence-corrected chi connectivity index (χ2v) is 10.2. The zero-order valence-corrected chi connectivity index (χ0v) is 18.1. The Balaban J connectivity index is 1.62. The van der Waals surface area contributed by atoms with Crippen LogP contribution in [0.3, 0.4) is 0 Å². The first-order valence-electron chi connectivity index (χ1n) is 12.0. The molecule has 5 unspecified atom stereocenters. The molecule has 0 aromatic heterocycles. The van der Waals surface area contributed by atoms with E-state index in [0.29, 0.717) is 23.0 Å². The predicted octanol–water partition coefficient (Wildman–Crippen LogP) is 6.36.